The normalized spacial score (nSPS) is 11.5. The topological polar surface area (TPSA) is 38.4 Å². The van der Waals surface area contributed by atoms with Gasteiger partial charge in [0.15, 0.2) is 0 Å². The Morgan fingerprint density at radius 2 is 0.864 bits per heavy atom. The first kappa shape index (κ1) is 34.3. The van der Waals surface area contributed by atoms with Crippen LogP contribution in [0.4, 0.5) is 17.1 Å². The molecule has 0 saturated heterocycles. The summed E-state index contributed by atoms with van der Waals surface area (Å²) < 4.78 is 7.98. The van der Waals surface area contributed by atoms with Crippen molar-refractivity contribution < 1.29 is 4.42 Å². The van der Waals surface area contributed by atoms with E-state index < -0.39 is 0 Å². The van der Waals surface area contributed by atoms with Gasteiger partial charge in [-0.15, -0.1) is 0 Å². The van der Waals surface area contributed by atoms with Crippen molar-refractivity contribution >= 4 is 60.6 Å². The third-order valence-electron chi connectivity index (χ3n) is 11.4. The molecule has 0 spiro atoms. The minimum Gasteiger partial charge on any atom is -0.422 e. The molecular formula is C55H36N2O2. The zero-order chi connectivity index (χ0) is 39.3. The molecule has 0 bridgehead atoms. The summed E-state index contributed by atoms with van der Waals surface area (Å²) >= 11 is 0. The first-order valence-electron chi connectivity index (χ1n) is 19.9. The minimum absolute atomic E-state index is 0.327. The second-order valence-corrected chi connectivity index (χ2v) is 14.9. The van der Waals surface area contributed by atoms with Crippen LogP contribution in [0.5, 0.6) is 0 Å². The molecule has 0 unspecified atom stereocenters. The first-order valence-corrected chi connectivity index (χ1v) is 19.9. The zero-order valence-corrected chi connectivity index (χ0v) is 32.0. The molecule has 0 saturated carbocycles. The molecule has 0 fully saturated rings. The number of anilines is 3. The van der Waals surface area contributed by atoms with Crippen LogP contribution in [0.3, 0.4) is 0 Å². The summed E-state index contributed by atoms with van der Waals surface area (Å²) in [5.41, 5.74) is 13.6. The van der Waals surface area contributed by atoms with Crippen molar-refractivity contribution in [3.8, 4) is 39.1 Å². The zero-order valence-electron chi connectivity index (χ0n) is 32.0. The Kier molecular flexibility index (Phi) is 8.26. The lowest BCUT2D eigenvalue weighted by atomic mass is 9.99. The minimum atomic E-state index is -0.327. The summed E-state index contributed by atoms with van der Waals surface area (Å²) in [6, 6.07) is 76.5. The van der Waals surface area contributed by atoms with Crippen LogP contribution in [0.25, 0.3) is 82.6 Å². The highest BCUT2D eigenvalue weighted by molar-refractivity contribution is 6.10. The SMILES string of the molecule is O=c1oc2ccccc2c2cc(-c3cccc(N(c4ccc(-c5ccccc5)cc4)c4ccc(-c5ccc6c(c5)c5ccccc5n6-c5ccccc5)cc4)c3)ccc12. The molecule has 59 heavy (non-hydrogen) atoms. The van der Waals surface area contributed by atoms with Crippen molar-refractivity contribution in [2.75, 3.05) is 4.90 Å². The van der Waals surface area contributed by atoms with Crippen molar-refractivity contribution in [1.29, 1.82) is 0 Å². The third kappa shape index (κ3) is 6.06. The maximum atomic E-state index is 12.9. The van der Waals surface area contributed by atoms with Crippen LogP contribution in [0, 0.1) is 0 Å². The lowest BCUT2D eigenvalue weighted by molar-refractivity contribution is 0.569. The van der Waals surface area contributed by atoms with Crippen LogP contribution in [-0.4, -0.2) is 4.57 Å². The van der Waals surface area contributed by atoms with Crippen LogP contribution >= 0.6 is 0 Å². The van der Waals surface area contributed by atoms with E-state index in [1.807, 2.05) is 42.5 Å². The van der Waals surface area contributed by atoms with Crippen molar-refractivity contribution in [2.24, 2.45) is 0 Å². The van der Waals surface area contributed by atoms with Gasteiger partial charge in [0.25, 0.3) is 0 Å². The van der Waals surface area contributed by atoms with E-state index in [9.17, 15) is 4.79 Å². The predicted octanol–water partition coefficient (Wildman–Crippen LogP) is 14.5. The highest BCUT2D eigenvalue weighted by Crippen LogP contribution is 2.40. The highest BCUT2D eigenvalue weighted by atomic mass is 16.4. The molecular weight excluding hydrogens is 721 g/mol. The van der Waals surface area contributed by atoms with Gasteiger partial charge in [0.1, 0.15) is 5.58 Å². The van der Waals surface area contributed by atoms with E-state index in [-0.39, 0.29) is 5.63 Å². The van der Waals surface area contributed by atoms with Crippen LogP contribution < -0.4 is 10.5 Å². The lowest BCUT2D eigenvalue weighted by Crippen LogP contribution is -2.10. The second-order valence-electron chi connectivity index (χ2n) is 14.9. The number of hydrogen-bond acceptors (Lipinski definition) is 3. The molecule has 0 radical (unpaired) electrons. The van der Waals surface area contributed by atoms with Gasteiger partial charge in [-0.2, -0.15) is 0 Å². The summed E-state index contributed by atoms with van der Waals surface area (Å²) in [6.45, 7) is 0. The monoisotopic (exact) mass is 756 g/mol. The van der Waals surface area contributed by atoms with Crippen LogP contribution in [0.2, 0.25) is 0 Å². The summed E-state index contributed by atoms with van der Waals surface area (Å²) in [5.74, 6) is 0. The van der Waals surface area contributed by atoms with E-state index in [0.717, 1.165) is 55.8 Å². The van der Waals surface area contributed by atoms with Gasteiger partial charge >= 0.3 is 5.63 Å². The molecule has 0 N–H and O–H groups in total. The number of fused-ring (bicyclic) bond motifs is 6. The van der Waals surface area contributed by atoms with Gasteiger partial charge in [0, 0.05) is 44.3 Å². The largest absolute Gasteiger partial charge is 0.422 e. The average molecular weight is 757 g/mol. The van der Waals surface area contributed by atoms with E-state index in [1.165, 1.54) is 32.9 Å². The van der Waals surface area contributed by atoms with Gasteiger partial charge in [-0.3, -0.25) is 0 Å². The highest BCUT2D eigenvalue weighted by Gasteiger charge is 2.17. The van der Waals surface area contributed by atoms with Crippen LogP contribution in [0.15, 0.2) is 228 Å². The molecule has 0 aliphatic carbocycles. The molecule has 4 nitrogen and oxygen atoms in total. The number of rotatable bonds is 7. The Morgan fingerprint density at radius 3 is 1.63 bits per heavy atom. The Morgan fingerprint density at radius 1 is 0.339 bits per heavy atom. The van der Waals surface area contributed by atoms with Gasteiger partial charge in [-0.1, -0.05) is 133 Å². The molecule has 0 aliphatic heterocycles. The first-order chi connectivity index (χ1) is 29.2. The van der Waals surface area contributed by atoms with E-state index in [4.69, 9.17) is 4.42 Å². The van der Waals surface area contributed by atoms with Gasteiger partial charge in [-0.05, 0) is 118 Å². The summed E-state index contributed by atoms with van der Waals surface area (Å²) in [6.07, 6.45) is 0. The molecule has 11 rings (SSSR count). The molecule has 2 aromatic heterocycles. The molecule has 0 aliphatic rings. The average Bonchev–Trinajstić information content (AvgIpc) is 3.64. The molecule has 2 heterocycles. The molecule has 11 aromatic rings. The van der Waals surface area contributed by atoms with Crippen molar-refractivity contribution in [1.82, 2.24) is 4.57 Å². The maximum Gasteiger partial charge on any atom is 0.344 e. The molecule has 278 valence electrons. The molecule has 9 aromatic carbocycles. The van der Waals surface area contributed by atoms with Gasteiger partial charge < -0.3 is 13.9 Å². The fourth-order valence-corrected chi connectivity index (χ4v) is 8.57. The smallest absolute Gasteiger partial charge is 0.344 e. The second kappa shape index (κ2) is 14.2. The number of nitrogens with zero attached hydrogens (tertiary/aromatic N) is 2. The molecule has 4 heteroatoms. The summed E-state index contributed by atoms with van der Waals surface area (Å²) in [4.78, 5) is 15.2. The van der Waals surface area contributed by atoms with Gasteiger partial charge in [0.2, 0.25) is 0 Å². The lowest BCUT2D eigenvalue weighted by Gasteiger charge is -2.26. The van der Waals surface area contributed by atoms with E-state index in [1.54, 1.807) is 0 Å². The fourth-order valence-electron chi connectivity index (χ4n) is 8.57. The summed E-state index contributed by atoms with van der Waals surface area (Å²) in [5, 5.41) is 4.83. The van der Waals surface area contributed by atoms with Gasteiger partial charge in [-0.25, -0.2) is 4.79 Å². The van der Waals surface area contributed by atoms with Crippen LogP contribution in [0.1, 0.15) is 0 Å². The van der Waals surface area contributed by atoms with E-state index >= 15 is 0 Å². The third-order valence-corrected chi connectivity index (χ3v) is 11.4. The summed E-state index contributed by atoms with van der Waals surface area (Å²) in [7, 11) is 0. The number of aromatic nitrogens is 1. The van der Waals surface area contributed by atoms with Crippen molar-refractivity contribution in [2.45, 2.75) is 0 Å². The molecule has 0 atom stereocenters. The molecule has 0 amide bonds. The van der Waals surface area contributed by atoms with E-state index in [0.29, 0.717) is 11.0 Å². The standard InChI is InChI=1S/C55H36N2O2/c58-55-49-32-26-42(35-50(49)48-19-8-10-21-54(48)59-55)40-14-11-17-46(34-40)56(44-28-22-38(23-29-44)37-12-3-1-4-13-37)45-30-24-39(25-31-45)41-27-33-53-51(36-41)47-18-7-9-20-52(47)57(53)43-15-5-2-6-16-43/h1-36H. The Labute approximate surface area is 341 Å². The Hall–Kier alpha value is -7.95. The van der Waals surface area contributed by atoms with Crippen LogP contribution in [-0.2, 0) is 0 Å². The van der Waals surface area contributed by atoms with Crippen molar-refractivity contribution in [3.63, 3.8) is 0 Å². The number of para-hydroxylation sites is 3. The maximum absolute atomic E-state index is 12.9. The Balaban J connectivity index is 1.01. The van der Waals surface area contributed by atoms with Crippen molar-refractivity contribution in [3.05, 3.63) is 229 Å². The predicted molar refractivity (Wildman–Crippen MR) is 245 cm³/mol. The fraction of sp³-hybridized carbons (Fsp3) is 0. The van der Waals surface area contributed by atoms with Gasteiger partial charge in [0.05, 0.1) is 16.4 Å². The van der Waals surface area contributed by atoms with E-state index in [2.05, 4.69) is 185 Å². The Bertz CT molecular complexity index is 3380. The number of benzene rings is 9. The number of hydrogen-bond donors (Lipinski definition) is 0. The quantitative estimate of drug-likeness (QED) is 0.120.